The number of nitrogens with one attached hydrogen (secondary N) is 2. The highest BCUT2D eigenvalue weighted by Gasteiger charge is 2.16. The first-order valence-electron chi connectivity index (χ1n) is 6.66. The molecule has 0 bridgehead atoms. The molecule has 1 aromatic heterocycles. The number of aromatic nitrogens is 1. The topological polar surface area (TPSA) is 46.2 Å². The van der Waals surface area contributed by atoms with Crippen molar-refractivity contribution in [2.24, 2.45) is 0 Å². The van der Waals surface area contributed by atoms with Crippen LogP contribution in [0.5, 0.6) is 0 Å². The van der Waals surface area contributed by atoms with Crippen LogP contribution in [-0.2, 0) is 4.74 Å². The Morgan fingerprint density at radius 3 is 2.63 bits per heavy atom. The van der Waals surface area contributed by atoms with Gasteiger partial charge in [0, 0.05) is 25.8 Å². The largest absolute Gasteiger partial charge is 0.376 e. The molecule has 1 saturated heterocycles. The summed E-state index contributed by atoms with van der Waals surface area (Å²) >= 11 is 0. The maximum Gasteiger partial charge on any atom is 0.168 e. The van der Waals surface area contributed by atoms with Crippen molar-refractivity contribution >= 4 is 11.6 Å². The zero-order chi connectivity index (χ0) is 13.7. The quantitative estimate of drug-likeness (QED) is 0.864. The van der Waals surface area contributed by atoms with Crippen LogP contribution in [0.1, 0.15) is 26.2 Å². The first-order valence-corrected chi connectivity index (χ1v) is 6.66. The molecule has 2 heterocycles. The van der Waals surface area contributed by atoms with Crippen LogP contribution >= 0.6 is 0 Å². The lowest BCUT2D eigenvalue weighted by Crippen LogP contribution is -2.27. The van der Waals surface area contributed by atoms with Crippen LogP contribution in [0.4, 0.5) is 20.4 Å². The molecule has 4 nitrogen and oxygen atoms in total. The Morgan fingerprint density at radius 1 is 1.26 bits per heavy atom. The van der Waals surface area contributed by atoms with Gasteiger partial charge in [-0.2, -0.15) is 0 Å². The molecule has 0 aromatic carbocycles. The molecule has 2 rings (SSSR count). The zero-order valence-corrected chi connectivity index (χ0v) is 11.0. The van der Waals surface area contributed by atoms with Crippen LogP contribution < -0.4 is 10.6 Å². The van der Waals surface area contributed by atoms with Gasteiger partial charge in [0.15, 0.2) is 23.3 Å². The van der Waals surface area contributed by atoms with Gasteiger partial charge >= 0.3 is 0 Å². The molecule has 0 spiro atoms. The monoisotopic (exact) mass is 271 g/mol. The summed E-state index contributed by atoms with van der Waals surface area (Å²) in [6, 6.07) is 0.842. The van der Waals surface area contributed by atoms with Crippen molar-refractivity contribution in [2.75, 3.05) is 30.3 Å². The first kappa shape index (κ1) is 14.0. The van der Waals surface area contributed by atoms with E-state index in [0.29, 0.717) is 13.1 Å². The maximum atomic E-state index is 13.6. The second-order valence-corrected chi connectivity index (χ2v) is 4.55. The minimum absolute atomic E-state index is 0.0616. The molecule has 1 atom stereocenters. The van der Waals surface area contributed by atoms with E-state index in [9.17, 15) is 8.78 Å². The van der Waals surface area contributed by atoms with Crippen LogP contribution in [0.25, 0.3) is 0 Å². The standard InChI is InChI=1S/C13H19F2N3O/c1-2-16-12-10(14)7-11(15)13(18-12)17-8-9-5-3-4-6-19-9/h7,9H,2-6,8H2,1H3,(H2,16,17,18). The van der Waals surface area contributed by atoms with E-state index in [1.807, 2.05) is 6.92 Å². The number of hydrogen-bond acceptors (Lipinski definition) is 4. The molecule has 2 N–H and O–H groups in total. The molecular formula is C13H19F2N3O. The number of pyridine rings is 1. The molecule has 1 aliphatic heterocycles. The van der Waals surface area contributed by atoms with Crippen molar-refractivity contribution in [1.29, 1.82) is 0 Å². The Labute approximate surface area is 111 Å². The van der Waals surface area contributed by atoms with Crippen LogP contribution in [0.2, 0.25) is 0 Å². The summed E-state index contributed by atoms with van der Waals surface area (Å²) in [6.07, 6.45) is 3.22. The number of rotatable bonds is 5. The molecule has 1 aromatic rings. The number of nitrogens with zero attached hydrogens (tertiary/aromatic N) is 1. The predicted octanol–water partition coefficient (Wildman–Crippen LogP) is 2.77. The Kier molecular flexibility index (Phi) is 4.90. The minimum atomic E-state index is -0.685. The molecule has 0 saturated carbocycles. The van der Waals surface area contributed by atoms with Crippen LogP contribution in [0.3, 0.4) is 0 Å². The molecule has 0 amide bonds. The lowest BCUT2D eigenvalue weighted by molar-refractivity contribution is 0.0247. The van der Waals surface area contributed by atoms with Crippen molar-refractivity contribution in [3.05, 3.63) is 17.7 Å². The van der Waals surface area contributed by atoms with Crippen LogP contribution in [0.15, 0.2) is 6.07 Å². The van der Waals surface area contributed by atoms with Gasteiger partial charge in [-0.05, 0) is 26.2 Å². The second kappa shape index (κ2) is 6.65. The molecular weight excluding hydrogens is 252 g/mol. The van der Waals surface area contributed by atoms with Crippen molar-refractivity contribution < 1.29 is 13.5 Å². The smallest absolute Gasteiger partial charge is 0.168 e. The fourth-order valence-corrected chi connectivity index (χ4v) is 2.06. The summed E-state index contributed by atoms with van der Waals surface area (Å²) in [5.41, 5.74) is 0. The van der Waals surface area contributed by atoms with Gasteiger partial charge in [0.05, 0.1) is 6.10 Å². The third-order valence-corrected chi connectivity index (χ3v) is 3.04. The molecule has 1 unspecified atom stereocenters. The van der Waals surface area contributed by atoms with Crippen molar-refractivity contribution in [1.82, 2.24) is 4.98 Å². The van der Waals surface area contributed by atoms with Gasteiger partial charge in [-0.3, -0.25) is 0 Å². The SMILES string of the molecule is CCNc1nc(NCC2CCCCO2)c(F)cc1F. The average Bonchev–Trinajstić information content (AvgIpc) is 2.42. The highest BCUT2D eigenvalue weighted by Crippen LogP contribution is 2.20. The normalized spacial score (nSPS) is 19.2. The summed E-state index contributed by atoms with van der Waals surface area (Å²) in [7, 11) is 0. The summed E-state index contributed by atoms with van der Waals surface area (Å²) in [5, 5.41) is 5.65. The average molecular weight is 271 g/mol. The van der Waals surface area contributed by atoms with E-state index >= 15 is 0 Å². The first-order chi connectivity index (χ1) is 9.20. The van der Waals surface area contributed by atoms with Crippen LogP contribution in [-0.4, -0.2) is 30.8 Å². The minimum Gasteiger partial charge on any atom is -0.376 e. The summed E-state index contributed by atoms with van der Waals surface area (Å²) in [5.74, 6) is -1.24. The fraction of sp³-hybridized carbons (Fsp3) is 0.615. The third-order valence-electron chi connectivity index (χ3n) is 3.04. The summed E-state index contributed by atoms with van der Waals surface area (Å²) in [6.45, 7) is 3.59. The Bertz CT molecular complexity index is 423. The number of anilines is 2. The molecule has 106 valence electrons. The fourth-order valence-electron chi connectivity index (χ4n) is 2.06. The molecule has 0 radical (unpaired) electrons. The van der Waals surface area contributed by atoms with E-state index < -0.39 is 11.6 Å². The highest BCUT2D eigenvalue weighted by atomic mass is 19.1. The number of hydrogen-bond donors (Lipinski definition) is 2. The van der Waals surface area contributed by atoms with Gasteiger partial charge in [0.2, 0.25) is 0 Å². The Balaban J connectivity index is 2.00. The van der Waals surface area contributed by atoms with Crippen molar-refractivity contribution in [3.63, 3.8) is 0 Å². The summed E-state index contributed by atoms with van der Waals surface area (Å²) in [4.78, 5) is 3.92. The molecule has 19 heavy (non-hydrogen) atoms. The molecule has 1 aliphatic rings. The highest BCUT2D eigenvalue weighted by molar-refractivity contribution is 5.47. The summed E-state index contributed by atoms with van der Waals surface area (Å²) < 4.78 is 32.5. The third kappa shape index (κ3) is 3.76. The zero-order valence-electron chi connectivity index (χ0n) is 11.0. The van der Waals surface area contributed by atoms with Crippen molar-refractivity contribution in [3.8, 4) is 0 Å². The lowest BCUT2D eigenvalue weighted by atomic mass is 10.1. The van der Waals surface area contributed by atoms with E-state index in [0.717, 1.165) is 31.9 Å². The second-order valence-electron chi connectivity index (χ2n) is 4.55. The van der Waals surface area contributed by atoms with E-state index in [1.54, 1.807) is 0 Å². The van der Waals surface area contributed by atoms with Crippen molar-refractivity contribution in [2.45, 2.75) is 32.3 Å². The predicted molar refractivity (Wildman–Crippen MR) is 70.4 cm³/mol. The van der Waals surface area contributed by atoms with E-state index in [2.05, 4.69) is 15.6 Å². The molecule has 6 heteroatoms. The maximum absolute atomic E-state index is 13.6. The van der Waals surface area contributed by atoms with Crippen LogP contribution in [0, 0.1) is 11.6 Å². The van der Waals surface area contributed by atoms with E-state index in [1.165, 1.54) is 0 Å². The number of halogens is 2. The molecule has 1 fully saturated rings. The Morgan fingerprint density at radius 2 is 2.00 bits per heavy atom. The van der Waals surface area contributed by atoms with Gasteiger partial charge in [-0.15, -0.1) is 0 Å². The number of ether oxygens (including phenoxy) is 1. The van der Waals surface area contributed by atoms with Gasteiger partial charge in [0.25, 0.3) is 0 Å². The molecule has 0 aliphatic carbocycles. The van der Waals surface area contributed by atoms with Gasteiger partial charge < -0.3 is 15.4 Å². The van der Waals surface area contributed by atoms with Gasteiger partial charge in [0.1, 0.15) is 0 Å². The van der Waals surface area contributed by atoms with Gasteiger partial charge in [-0.1, -0.05) is 0 Å². The van der Waals surface area contributed by atoms with Gasteiger partial charge in [-0.25, -0.2) is 13.8 Å². The van der Waals surface area contributed by atoms with E-state index in [-0.39, 0.29) is 17.7 Å². The Hall–Kier alpha value is -1.43. The van der Waals surface area contributed by atoms with E-state index in [4.69, 9.17) is 4.74 Å². The lowest BCUT2D eigenvalue weighted by Gasteiger charge is -2.23.